The van der Waals surface area contributed by atoms with Crippen LogP contribution in [0, 0.1) is 5.41 Å². The van der Waals surface area contributed by atoms with Crippen molar-refractivity contribution < 1.29 is 4.79 Å². The lowest BCUT2D eigenvalue weighted by molar-refractivity contribution is -0.147. The minimum atomic E-state index is -0.0434. The predicted octanol–water partition coefficient (Wildman–Crippen LogP) is 3.87. The Morgan fingerprint density at radius 2 is 1.67 bits per heavy atom. The topological polar surface area (TPSA) is 20.3 Å². The van der Waals surface area contributed by atoms with E-state index in [1.807, 2.05) is 0 Å². The average molecular weight is 314 g/mol. The van der Waals surface area contributed by atoms with E-state index in [0.717, 1.165) is 12.8 Å². The molecule has 18 heavy (non-hydrogen) atoms. The van der Waals surface area contributed by atoms with Crippen molar-refractivity contribution in [1.82, 2.24) is 4.90 Å². The van der Waals surface area contributed by atoms with E-state index in [4.69, 9.17) is 0 Å². The molecule has 2 bridgehead atoms. The summed E-state index contributed by atoms with van der Waals surface area (Å²) in [4.78, 5) is 15.9. The zero-order valence-electron chi connectivity index (χ0n) is 11.3. The van der Waals surface area contributed by atoms with Crippen molar-refractivity contribution in [1.29, 1.82) is 0 Å². The Morgan fingerprint density at radius 3 is 2.22 bits per heavy atom. The maximum atomic E-state index is 13.0. The maximum Gasteiger partial charge on any atom is 0.229 e. The summed E-state index contributed by atoms with van der Waals surface area (Å²) in [5.74, 6) is 0.481. The molecule has 2 unspecified atom stereocenters. The van der Waals surface area contributed by atoms with Crippen molar-refractivity contribution in [2.24, 2.45) is 5.41 Å². The van der Waals surface area contributed by atoms with E-state index in [1.54, 1.807) is 0 Å². The summed E-state index contributed by atoms with van der Waals surface area (Å²) in [5.41, 5.74) is -0.0434. The lowest BCUT2D eigenvalue weighted by atomic mass is 9.74. The smallest absolute Gasteiger partial charge is 0.229 e. The largest absolute Gasteiger partial charge is 0.336 e. The quantitative estimate of drug-likeness (QED) is 0.673. The number of rotatable bonds is 1. The fourth-order valence-electron chi connectivity index (χ4n) is 4.30. The van der Waals surface area contributed by atoms with Gasteiger partial charge in [0, 0.05) is 22.3 Å². The molecule has 3 rings (SSSR count). The van der Waals surface area contributed by atoms with Crippen LogP contribution in [0.5, 0.6) is 0 Å². The van der Waals surface area contributed by atoms with Crippen molar-refractivity contribution in [3.63, 3.8) is 0 Å². The normalized spacial score (nSPS) is 38.8. The highest BCUT2D eigenvalue weighted by molar-refractivity contribution is 9.09. The van der Waals surface area contributed by atoms with E-state index in [2.05, 4.69) is 27.8 Å². The molecule has 3 aliphatic rings. The summed E-state index contributed by atoms with van der Waals surface area (Å²) in [6.45, 7) is 2.22. The summed E-state index contributed by atoms with van der Waals surface area (Å²) < 4.78 is 0. The molecule has 1 amide bonds. The van der Waals surface area contributed by atoms with E-state index in [9.17, 15) is 4.79 Å². The van der Waals surface area contributed by atoms with Crippen LogP contribution in [0.2, 0.25) is 0 Å². The van der Waals surface area contributed by atoms with Crippen molar-refractivity contribution in [3.05, 3.63) is 0 Å². The summed E-state index contributed by atoms with van der Waals surface area (Å²) in [6, 6.07) is 1.05. The second-order valence-corrected chi connectivity index (χ2v) is 8.08. The first kappa shape index (κ1) is 13.0. The van der Waals surface area contributed by atoms with Crippen LogP contribution in [0.3, 0.4) is 0 Å². The summed E-state index contributed by atoms with van der Waals surface area (Å²) >= 11 is 3.76. The molecule has 2 atom stereocenters. The minimum Gasteiger partial charge on any atom is -0.336 e. The van der Waals surface area contributed by atoms with Crippen LogP contribution in [0.4, 0.5) is 0 Å². The number of alkyl halides is 1. The van der Waals surface area contributed by atoms with Crippen LogP contribution >= 0.6 is 15.9 Å². The van der Waals surface area contributed by atoms with Gasteiger partial charge < -0.3 is 4.90 Å². The minimum absolute atomic E-state index is 0.0434. The SMILES string of the molecule is CC1(C(=O)N2C3CCC2CC(Br)C3)CCCCC1. The molecule has 102 valence electrons. The third-order valence-corrected chi connectivity index (χ3v) is 6.13. The summed E-state index contributed by atoms with van der Waals surface area (Å²) in [7, 11) is 0. The number of nitrogens with zero attached hydrogens (tertiary/aromatic N) is 1. The standard InChI is InChI=1S/C15H24BrNO/c1-15(7-3-2-4-8-15)14(18)17-12-5-6-13(17)10-11(16)9-12/h11-13H,2-10H2,1H3. The van der Waals surface area contributed by atoms with Gasteiger partial charge in [-0.15, -0.1) is 0 Å². The molecule has 0 aromatic carbocycles. The molecule has 2 saturated heterocycles. The Balaban J connectivity index is 1.76. The maximum absolute atomic E-state index is 13.0. The molecular weight excluding hydrogens is 290 g/mol. The van der Waals surface area contributed by atoms with Gasteiger partial charge in [0.05, 0.1) is 0 Å². The molecule has 1 saturated carbocycles. The fraction of sp³-hybridized carbons (Fsp3) is 0.933. The molecule has 0 aromatic rings. The highest BCUT2D eigenvalue weighted by atomic mass is 79.9. The highest BCUT2D eigenvalue weighted by Crippen LogP contribution is 2.44. The van der Waals surface area contributed by atoms with E-state index >= 15 is 0 Å². The first-order valence-corrected chi connectivity index (χ1v) is 8.48. The average Bonchev–Trinajstić information content (AvgIpc) is 2.61. The van der Waals surface area contributed by atoms with Gasteiger partial charge in [-0.3, -0.25) is 4.79 Å². The Hall–Kier alpha value is -0.0500. The molecule has 3 heteroatoms. The molecule has 1 aliphatic carbocycles. The van der Waals surface area contributed by atoms with Gasteiger partial charge in [-0.2, -0.15) is 0 Å². The first-order chi connectivity index (χ1) is 8.60. The van der Waals surface area contributed by atoms with Crippen molar-refractivity contribution in [3.8, 4) is 0 Å². The van der Waals surface area contributed by atoms with Crippen molar-refractivity contribution in [2.75, 3.05) is 0 Å². The highest BCUT2D eigenvalue weighted by Gasteiger charge is 2.47. The van der Waals surface area contributed by atoms with Gasteiger partial charge in [-0.1, -0.05) is 42.1 Å². The zero-order chi connectivity index (χ0) is 12.8. The first-order valence-electron chi connectivity index (χ1n) is 7.57. The predicted molar refractivity (Wildman–Crippen MR) is 76.8 cm³/mol. The third kappa shape index (κ3) is 2.13. The molecule has 3 fully saturated rings. The van der Waals surface area contributed by atoms with Gasteiger partial charge in [-0.25, -0.2) is 0 Å². The van der Waals surface area contributed by atoms with Gasteiger partial charge in [0.2, 0.25) is 5.91 Å². The van der Waals surface area contributed by atoms with Crippen LogP contribution in [-0.2, 0) is 4.79 Å². The van der Waals surface area contributed by atoms with Crippen LogP contribution in [0.15, 0.2) is 0 Å². The Morgan fingerprint density at radius 1 is 1.11 bits per heavy atom. The second kappa shape index (κ2) is 4.81. The molecule has 2 heterocycles. The van der Waals surface area contributed by atoms with Gasteiger partial charge >= 0.3 is 0 Å². The number of fused-ring (bicyclic) bond motifs is 2. The Bertz CT molecular complexity index is 323. The van der Waals surface area contributed by atoms with Gasteiger partial charge in [0.15, 0.2) is 0 Å². The molecule has 2 aliphatic heterocycles. The van der Waals surface area contributed by atoms with Crippen LogP contribution in [0.1, 0.15) is 64.7 Å². The van der Waals surface area contributed by atoms with Crippen LogP contribution in [-0.4, -0.2) is 27.7 Å². The van der Waals surface area contributed by atoms with E-state index in [1.165, 1.54) is 44.9 Å². The van der Waals surface area contributed by atoms with Crippen LogP contribution in [0.25, 0.3) is 0 Å². The lowest BCUT2D eigenvalue weighted by Gasteiger charge is -2.43. The zero-order valence-corrected chi connectivity index (χ0v) is 12.9. The molecule has 0 radical (unpaired) electrons. The molecule has 0 aromatic heterocycles. The van der Waals surface area contributed by atoms with E-state index in [-0.39, 0.29) is 5.41 Å². The number of hydrogen-bond donors (Lipinski definition) is 0. The van der Waals surface area contributed by atoms with Gasteiger partial charge in [-0.05, 0) is 38.5 Å². The summed E-state index contributed by atoms with van der Waals surface area (Å²) in [6.07, 6.45) is 10.8. The fourth-order valence-corrected chi connectivity index (χ4v) is 5.16. The number of amides is 1. The third-order valence-electron chi connectivity index (χ3n) is 5.38. The van der Waals surface area contributed by atoms with E-state index in [0.29, 0.717) is 22.8 Å². The Kier molecular flexibility index (Phi) is 3.46. The number of piperidine rings is 1. The monoisotopic (exact) mass is 313 g/mol. The van der Waals surface area contributed by atoms with Crippen LogP contribution < -0.4 is 0 Å². The number of carbonyl (C=O) groups is 1. The molecule has 0 N–H and O–H groups in total. The van der Waals surface area contributed by atoms with E-state index < -0.39 is 0 Å². The molecule has 2 nitrogen and oxygen atoms in total. The molecular formula is C15H24BrNO. The number of hydrogen-bond acceptors (Lipinski definition) is 1. The van der Waals surface area contributed by atoms with Gasteiger partial charge in [0.25, 0.3) is 0 Å². The molecule has 0 spiro atoms. The number of carbonyl (C=O) groups excluding carboxylic acids is 1. The number of halogens is 1. The lowest BCUT2D eigenvalue weighted by Crippen LogP contribution is -2.52. The summed E-state index contributed by atoms with van der Waals surface area (Å²) in [5, 5.41) is 0. The van der Waals surface area contributed by atoms with Gasteiger partial charge in [0.1, 0.15) is 0 Å². The van der Waals surface area contributed by atoms with Crippen molar-refractivity contribution in [2.45, 2.75) is 81.6 Å². The van der Waals surface area contributed by atoms with Crippen molar-refractivity contribution >= 4 is 21.8 Å². The Labute approximate surface area is 119 Å². The second-order valence-electron chi connectivity index (χ2n) is 6.79.